The maximum absolute atomic E-state index is 5.35. The minimum absolute atomic E-state index is 0.325. The molecule has 0 fully saturated rings. The van der Waals surface area contributed by atoms with Crippen LogP contribution in [0.1, 0.15) is 0 Å². The van der Waals surface area contributed by atoms with Gasteiger partial charge in [0, 0.05) is 6.21 Å². The summed E-state index contributed by atoms with van der Waals surface area (Å²) in [6.07, 6.45) is 6.78. The number of nitrogens with two attached hydrogens (primary N) is 2. The van der Waals surface area contributed by atoms with Crippen LogP contribution in [0.3, 0.4) is 0 Å². The van der Waals surface area contributed by atoms with Gasteiger partial charge in [-0.05, 0) is 6.08 Å². The third kappa shape index (κ3) is 6.50. The van der Waals surface area contributed by atoms with Crippen molar-refractivity contribution in [2.45, 2.75) is 0 Å². The zero-order chi connectivity index (χ0) is 9.23. The van der Waals surface area contributed by atoms with Crippen molar-refractivity contribution in [1.29, 1.82) is 0 Å². The summed E-state index contributed by atoms with van der Waals surface area (Å²) in [5.41, 5.74) is 7.42. The van der Waals surface area contributed by atoms with Crippen molar-refractivity contribution in [2.75, 3.05) is 6.54 Å². The predicted octanol–water partition coefficient (Wildman–Crippen LogP) is -0.465. The van der Waals surface area contributed by atoms with Crippen LogP contribution in [0.5, 0.6) is 0 Å². The third-order valence-electron chi connectivity index (χ3n) is 0.900. The van der Waals surface area contributed by atoms with E-state index in [4.69, 9.17) is 11.6 Å². The van der Waals surface area contributed by atoms with Gasteiger partial charge in [-0.1, -0.05) is 18.7 Å². The topological polar surface area (TPSA) is 88.8 Å². The van der Waals surface area contributed by atoms with Gasteiger partial charge < -0.3 is 5.73 Å². The van der Waals surface area contributed by atoms with Crippen LogP contribution in [-0.4, -0.2) is 18.6 Å². The van der Waals surface area contributed by atoms with E-state index in [2.05, 4.69) is 22.2 Å². The molecule has 12 heavy (non-hydrogen) atoms. The number of aliphatic imine (C=N–C) groups is 1. The van der Waals surface area contributed by atoms with Crippen LogP contribution in [-0.2, 0) is 0 Å². The molecule has 0 unspecified atom stereocenters. The first-order valence-electron chi connectivity index (χ1n) is 3.36. The van der Waals surface area contributed by atoms with E-state index in [1.807, 2.05) is 0 Å². The van der Waals surface area contributed by atoms with E-state index < -0.39 is 0 Å². The van der Waals surface area contributed by atoms with Crippen molar-refractivity contribution < 1.29 is 0 Å². The standard InChI is InChI=1S/C7H13N5/c1-2-3-4-5-10-6-7(8)11-12-9/h2-5,12H,1,6,9H2,(H2,8,11)/b4-3-,10-5?. The van der Waals surface area contributed by atoms with Crippen LogP contribution in [0.4, 0.5) is 0 Å². The van der Waals surface area contributed by atoms with Crippen LogP contribution in [0, 0.1) is 0 Å². The largest absolute Gasteiger partial charge is 0.384 e. The number of nitrogens with one attached hydrogen (secondary N) is 1. The fraction of sp³-hybridized carbons (Fsp3) is 0.143. The van der Waals surface area contributed by atoms with Crippen molar-refractivity contribution in [3.63, 3.8) is 0 Å². The lowest BCUT2D eigenvalue weighted by Crippen LogP contribution is -2.24. The molecule has 66 valence electrons. The number of allylic oxidation sites excluding steroid dienone is 3. The molecule has 0 heterocycles. The molecule has 0 saturated heterocycles. The van der Waals surface area contributed by atoms with Gasteiger partial charge in [0.15, 0.2) is 0 Å². The zero-order valence-electron chi connectivity index (χ0n) is 6.77. The van der Waals surface area contributed by atoms with Gasteiger partial charge in [-0.25, -0.2) is 11.4 Å². The lowest BCUT2D eigenvalue weighted by molar-refractivity contribution is 0.799. The van der Waals surface area contributed by atoms with Crippen LogP contribution in [0.15, 0.2) is 34.9 Å². The number of hydrazine groups is 1. The molecule has 0 aromatic carbocycles. The Morgan fingerprint density at radius 2 is 2.25 bits per heavy atom. The van der Waals surface area contributed by atoms with E-state index in [-0.39, 0.29) is 0 Å². The molecular weight excluding hydrogens is 154 g/mol. The third-order valence-corrected chi connectivity index (χ3v) is 0.900. The highest BCUT2D eigenvalue weighted by Gasteiger charge is 1.84. The molecule has 5 heteroatoms. The first-order chi connectivity index (χ1) is 5.81. The average molecular weight is 167 g/mol. The summed E-state index contributed by atoms with van der Waals surface area (Å²) in [4.78, 5) is 3.92. The Bertz CT molecular complexity index is 204. The monoisotopic (exact) mass is 167 g/mol. The van der Waals surface area contributed by atoms with Gasteiger partial charge in [-0.15, -0.1) is 0 Å². The average Bonchev–Trinajstić information content (AvgIpc) is 2.05. The van der Waals surface area contributed by atoms with Gasteiger partial charge in [0.05, 0.1) is 6.54 Å². The van der Waals surface area contributed by atoms with Crippen molar-refractivity contribution >= 4 is 12.1 Å². The summed E-state index contributed by atoms with van der Waals surface area (Å²) in [5, 5.41) is 3.51. The highest BCUT2D eigenvalue weighted by atomic mass is 15.5. The van der Waals surface area contributed by atoms with E-state index in [9.17, 15) is 0 Å². The molecule has 0 saturated carbocycles. The van der Waals surface area contributed by atoms with Gasteiger partial charge >= 0.3 is 0 Å². The molecule has 0 aromatic heterocycles. The quantitative estimate of drug-likeness (QED) is 0.170. The van der Waals surface area contributed by atoms with E-state index in [0.717, 1.165) is 0 Å². The van der Waals surface area contributed by atoms with Gasteiger partial charge in [0.1, 0.15) is 5.84 Å². The maximum Gasteiger partial charge on any atom is 0.142 e. The van der Waals surface area contributed by atoms with E-state index >= 15 is 0 Å². The van der Waals surface area contributed by atoms with Crippen molar-refractivity contribution in [1.82, 2.24) is 5.53 Å². The van der Waals surface area contributed by atoms with E-state index in [1.54, 1.807) is 24.4 Å². The molecule has 0 aromatic rings. The molecule has 0 spiro atoms. The summed E-state index contributed by atoms with van der Waals surface area (Å²) < 4.78 is 0. The number of rotatable bonds is 5. The fourth-order valence-electron chi connectivity index (χ4n) is 0.454. The normalized spacial score (nSPS) is 12.6. The van der Waals surface area contributed by atoms with Crippen LogP contribution in [0.25, 0.3) is 0 Å². The van der Waals surface area contributed by atoms with Crippen LogP contribution < -0.4 is 17.1 Å². The van der Waals surface area contributed by atoms with Crippen LogP contribution in [0.2, 0.25) is 0 Å². The van der Waals surface area contributed by atoms with Gasteiger partial charge in [0.25, 0.3) is 0 Å². The molecule has 5 N–H and O–H groups in total. The molecule has 0 aliphatic carbocycles. The molecule has 0 rings (SSSR count). The number of hydrogen-bond acceptors (Lipinski definition) is 4. The highest BCUT2D eigenvalue weighted by molar-refractivity contribution is 5.84. The zero-order valence-corrected chi connectivity index (χ0v) is 6.77. The molecule has 0 radical (unpaired) electrons. The first kappa shape index (κ1) is 10.4. The number of nitrogens with zero attached hydrogens (tertiary/aromatic N) is 2. The Balaban J connectivity index is 3.66. The Kier molecular flexibility index (Phi) is 6.48. The highest BCUT2D eigenvalue weighted by Crippen LogP contribution is 1.72. The lowest BCUT2D eigenvalue weighted by Gasteiger charge is -1.92. The molecule has 0 bridgehead atoms. The minimum atomic E-state index is 0.325. The Morgan fingerprint density at radius 1 is 1.50 bits per heavy atom. The summed E-state index contributed by atoms with van der Waals surface area (Å²) in [6.45, 7) is 3.82. The second kappa shape index (κ2) is 7.49. The van der Waals surface area contributed by atoms with Crippen LogP contribution >= 0.6 is 0 Å². The Labute approximate surface area is 71.5 Å². The molecule has 0 atom stereocenters. The van der Waals surface area contributed by atoms with Crippen molar-refractivity contribution in [3.8, 4) is 0 Å². The molecular formula is C7H13N5. The summed E-state index contributed by atoms with van der Waals surface area (Å²) in [7, 11) is 0. The molecule has 0 amide bonds. The predicted molar refractivity (Wildman–Crippen MR) is 51.6 cm³/mol. The second-order valence-electron chi connectivity index (χ2n) is 1.84. The van der Waals surface area contributed by atoms with Crippen molar-refractivity contribution in [2.24, 2.45) is 21.7 Å². The Hall–Kier alpha value is -1.62. The fourth-order valence-corrected chi connectivity index (χ4v) is 0.454. The summed E-state index contributed by atoms with van der Waals surface area (Å²) in [5.74, 6) is 5.22. The van der Waals surface area contributed by atoms with Gasteiger partial charge in [-0.3, -0.25) is 4.99 Å². The molecule has 5 nitrogen and oxygen atoms in total. The molecule has 0 aliphatic heterocycles. The summed E-state index contributed by atoms with van der Waals surface area (Å²) in [6, 6.07) is 0. The van der Waals surface area contributed by atoms with Crippen molar-refractivity contribution in [3.05, 3.63) is 24.8 Å². The van der Waals surface area contributed by atoms with E-state index in [0.29, 0.717) is 12.4 Å². The lowest BCUT2D eigenvalue weighted by atomic mass is 10.5. The van der Waals surface area contributed by atoms with Gasteiger partial charge in [-0.2, -0.15) is 5.10 Å². The second-order valence-corrected chi connectivity index (χ2v) is 1.84. The SMILES string of the molecule is C=C/C=C\C=NC/C(N)=N/NN. The summed E-state index contributed by atoms with van der Waals surface area (Å²) >= 11 is 0. The minimum Gasteiger partial charge on any atom is -0.384 e. The maximum atomic E-state index is 5.35. The number of hydrogen-bond donors (Lipinski definition) is 3. The molecule has 0 aliphatic rings. The number of hydrazone groups is 1. The smallest absolute Gasteiger partial charge is 0.142 e. The Morgan fingerprint density at radius 3 is 2.83 bits per heavy atom. The van der Waals surface area contributed by atoms with E-state index in [1.165, 1.54) is 0 Å². The first-order valence-corrected chi connectivity index (χ1v) is 3.36. The van der Waals surface area contributed by atoms with Gasteiger partial charge in [0.2, 0.25) is 0 Å². The number of amidine groups is 1.